The lowest BCUT2D eigenvalue weighted by molar-refractivity contribution is -0.258. The van der Waals surface area contributed by atoms with Gasteiger partial charge in [0.05, 0.1) is 24.2 Å². The van der Waals surface area contributed by atoms with Crippen LogP contribution in [-0.2, 0) is 20.4 Å². The van der Waals surface area contributed by atoms with E-state index in [-0.39, 0.29) is 29.6 Å². The standard InChI is InChI=1S/C26H32F3N3O4S2/c1-25(33,26(27,28)29)20-6-8-21(9-7-20)32-11-10-31(38(34,35)24-5-3-2-4-23(24)37)15-22(32)14-30-12-18-16-36-17-19(18)13-30/h2-3,5-9,18-19,22,33H,4,10-17H2,1H3/t18-,19+,22-,25+/m0/s1. The molecule has 3 saturated heterocycles. The molecule has 3 fully saturated rings. The number of likely N-dealkylation sites (tertiary alicyclic amines) is 1. The molecule has 0 radical (unpaired) electrons. The van der Waals surface area contributed by atoms with Crippen molar-refractivity contribution >= 4 is 32.8 Å². The smallest absolute Gasteiger partial charge is 0.381 e. The van der Waals surface area contributed by atoms with E-state index in [1.165, 1.54) is 16.4 Å². The number of hydrogen-bond donors (Lipinski definition) is 1. The van der Waals surface area contributed by atoms with E-state index in [2.05, 4.69) is 9.80 Å². The summed E-state index contributed by atoms with van der Waals surface area (Å²) in [6.45, 7) is 5.39. The molecule has 1 aromatic rings. The maximum Gasteiger partial charge on any atom is 0.421 e. The minimum Gasteiger partial charge on any atom is -0.381 e. The number of alkyl halides is 3. The highest BCUT2D eigenvalue weighted by Gasteiger charge is 2.51. The van der Waals surface area contributed by atoms with Crippen LogP contribution in [0.4, 0.5) is 18.9 Å². The number of fused-ring (bicyclic) bond motifs is 1. The zero-order valence-corrected chi connectivity index (χ0v) is 22.7. The van der Waals surface area contributed by atoms with Crippen LogP contribution < -0.4 is 4.90 Å². The third-order valence-corrected chi connectivity index (χ3v) is 10.6. The Morgan fingerprint density at radius 1 is 1.08 bits per heavy atom. The number of hydrogen-bond acceptors (Lipinski definition) is 7. The molecule has 1 N–H and O–H groups in total. The highest BCUT2D eigenvalue weighted by molar-refractivity contribution is 7.96. The first-order chi connectivity index (χ1) is 17.9. The normalized spacial score (nSPS) is 28.9. The molecule has 7 nitrogen and oxygen atoms in total. The first-order valence-electron chi connectivity index (χ1n) is 12.7. The van der Waals surface area contributed by atoms with Gasteiger partial charge in [-0.15, -0.1) is 0 Å². The van der Waals surface area contributed by atoms with E-state index in [0.717, 1.165) is 33.2 Å². The number of piperazine rings is 1. The minimum absolute atomic E-state index is 0.161. The SMILES string of the molecule is C[C@@](O)(c1ccc(N2CCN(S(=O)(=O)C3=CC=CCC3=S)C[C@@H]2CN2C[C@H]3COC[C@H]3C2)cc1)C(F)(F)F. The second-order valence-electron chi connectivity index (χ2n) is 10.7. The van der Waals surface area contributed by atoms with Gasteiger partial charge in [0.1, 0.15) is 0 Å². The molecule has 3 heterocycles. The van der Waals surface area contributed by atoms with E-state index in [1.54, 1.807) is 24.3 Å². The third-order valence-electron chi connectivity index (χ3n) is 8.12. The van der Waals surface area contributed by atoms with Crippen molar-refractivity contribution in [3.05, 3.63) is 53.0 Å². The fraction of sp³-hybridized carbons (Fsp3) is 0.577. The number of anilines is 1. The van der Waals surface area contributed by atoms with Gasteiger partial charge >= 0.3 is 6.18 Å². The number of halogens is 3. The first-order valence-corrected chi connectivity index (χ1v) is 14.6. The first kappa shape index (κ1) is 27.7. The van der Waals surface area contributed by atoms with Gasteiger partial charge in [-0.1, -0.05) is 36.5 Å². The molecule has 4 aliphatic rings. The highest BCUT2D eigenvalue weighted by Crippen LogP contribution is 2.39. The predicted molar refractivity (Wildman–Crippen MR) is 142 cm³/mol. The van der Waals surface area contributed by atoms with Gasteiger partial charge in [-0.25, -0.2) is 8.42 Å². The van der Waals surface area contributed by atoms with E-state index in [1.807, 2.05) is 6.08 Å². The fourth-order valence-corrected chi connectivity index (χ4v) is 7.88. The van der Waals surface area contributed by atoms with E-state index < -0.39 is 21.8 Å². The van der Waals surface area contributed by atoms with Gasteiger partial charge in [0.25, 0.3) is 0 Å². The summed E-state index contributed by atoms with van der Waals surface area (Å²) in [7, 11) is -3.79. The molecule has 0 amide bonds. The number of benzene rings is 1. The molecule has 12 heteroatoms. The predicted octanol–water partition coefficient (Wildman–Crippen LogP) is 3.07. The van der Waals surface area contributed by atoms with Gasteiger partial charge in [-0.2, -0.15) is 17.5 Å². The summed E-state index contributed by atoms with van der Waals surface area (Å²) in [4.78, 5) is 4.96. The van der Waals surface area contributed by atoms with Crippen molar-refractivity contribution in [2.45, 2.75) is 31.2 Å². The van der Waals surface area contributed by atoms with Gasteiger partial charge in [-0.05, 0) is 30.7 Å². The molecule has 0 saturated carbocycles. The van der Waals surface area contributed by atoms with Crippen molar-refractivity contribution in [3.63, 3.8) is 0 Å². The number of thiocarbonyl (C=S) groups is 1. The molecular weight excluding hydrogens is 539 g/mol. The van der Waals surface area contributed by atoms with Gasteiger partial charge in [0, 0.05) is 68.1 Å². The summed E-state index contributed by atoms with van der Waals surface area (Å²) >= 11 is 5.35. The number of nitrogens with zero attached hydrogens (tertiary/aromatic N) is 3. The van der Waals surface area contributed by atoms with Crippen LogP contribution in [0.5, 0.6) is 0 Å². The molecule has 5 rings (SSSR count). The molecule has 1 aliphatic carbocycles. The Kier molecular flexibility index (Phi) is 7.51. The third kappa shape index (κ3) is 5.18. The number of sulfonamides is 1. The zero-order valence-electron chi connectivity index (χ0n) is 21.1. The van der Waals surface area contributed by atoms with Crippen molar-refractivity contribution < 1.29 is 31.4 Å². The van der Waals surface area contributed by atoms with Crippen LogP contribution in [0.25, 0.3) is 0 Å². The molecule has 208 valence electrons. The Balaban J connectivity index is 1.39. The Bertz CT molecular complexity index is 1220. The maximum absolute atomic E-state index is 13.5. The number of rotatable bonds is 6. The summed E-state index contributed by atoms with van der Waals surface area (Å²) in [5.41, 5.74) is -2.52. The highest BCUT2D eigenvalue weighted by atomic mass is 32.2. The summed E-state index contributed by atoms with van der Waals surface area (Å²) in [5, 5.41) is 10.1. The molecule has 0 spiro atoms. The van der Waals surface area contributed by atoms with Crippen LogP contribution in [-0.4, -0.2) is 92.3 Å². The molecule has 0 aromatic heterocycles. The molecular formula is C26H32F3N3O4S2. The molecule has 4 atom stereocenters. The van der Waals surface area contributed by atoms with E-state index >= 15 is 0 Å². The van der Waals surface area contributed by atoms with Crippen LogP contribution >= 0.6 is 12.2 Å². The van der Waals surface area contributed by atoms with Crippen molar-refractivity contribution in [1.82, 2.24) is 9.21 Å². The minimum atomic E-state index is -4.81. The second kappa shape index (κ2) is 10.3. The molecule has 1 aromatic carbocycles. The van der Waals surface area contributed by atoms with Crippen molar-refractivity contribution in [2.75, 3.05) is 57.4 Å². The molecule has 38 heavy (non-hydrogen) atoms. The largest absolute Gasteiger partial charge is 0.421 e. The van der Waals surface area contributed by atoms with E-state index in [9.17, 15) is 26.7 Å². The number of aliphatic hydroxyl groups is 1. The summed E-state index contributed by atoms with van der Waals surface area (Å²) in [6.07, 6.45) is 0.693. The topological polar surface area (TPSA) is 73.3 Å². The maximum atomic E-state index is 13.5. The Labute approximate surface area is 226 Å². The lowest BCUT2D eigenvalue weighted by Gasteiger charge is -2.44. The summed E-state index contributed by atoms with van der Waals surface area (Å²) < 4.78 is 74.2. The summed E-state index contributed by atoms with van der Waals surface area (Å²) in [6, 6.07) is 5.50. The van der Waals surface area contributed by atoms with Crippen LogP contribution in [0.3, 0.4) is 0 Å². The summed E-state index contributed by atoms with van der Waals surface area (Å²) in [5.74, 6) is 0.930. The van der Waals surface area contributed by atoms with Crippen molar-refractivity contribution in [2.24, 2.45) is 11.8 Å². The van der Waals surface area contributed by atoms with Gasteiger partial charge < -0.3 is 19.6 Å². The monoisotopic (exact) mass is 571 g/mol. The molecule has 3 aliphatic heterocycles. The number of ether oxygens (including phenoxy) is 1. The van der Waals surface area contributed by atoms with Gasteiger partial charge in [-0.3, -0.25) is 0 Å². The lowest BCUT2D eigenvalue weighted by atomic mass is 9.95. The van der Waals surface area contributed by atoms with Crippen molar-refractivity contribution in [1.29, 1.82) is 0 Å². The fourth-order valence-electron chi connectivity index (χ4n) is 5.81. The quantitative estimate of drug-likeness (QED) is 0.527. The average Bonchev–Trinajstić information content (AvgIpc) is 3.45. The van der Waals surface area contributed by atoms with Crippen LogP contribution in [0.15, 0.2) is 47.4 Å². The zero-order chi connectivity index (χ0) is 27.3. The number of allylic oxidation sites excluding steroid dienone is 4. The van der Waals surface area contributed by atoms with Crippen LogP contribution in [0.1, 0.15) is 18.9 Å². The molecule has 0 unspecified atom stereocenters. The van der Waals surface area contributed by atoms with Crippen molar-refractivity contribution in [3.8, 4) is 0 Å². The Morgan fingerprint density at radius 3 is 2.34 bits per heavy atom. The lowest BCUT2D eigenvalue weighted by Crippen LogP contribution is -2.58. The Morgan fingerprint density at radius 2 is 1.74 bits per heavy atom. The van der Waals surface area contributed by atoms with Crippen LogP contribution in [0.2, 0.25) is 0 Å². The van der Waals surface area contributed by atoms with Gasteiger partial charge in [0.15, 0.2) is 5.60 Å². The van der Waals surface area contributed by atoms with E-state index in [0.29, 0.717) is 41.9 Å². The van der Waals surface area contributed by atoms with Gasteiger partial charge in [0.2, 0.25) is 10.0 Å². The molecule has 0 bridgehead atoms. The van der Waals surface area contributed by atoms with E-state index in [4.69, 9.17) is 17.0 Å². The second-order valence-corrected chi connectivity index (χ2v) is 13.1. The average molecular weight is 572 g/mol. The Hall–Kier alpha value is -1.83. The van der Waals surface area contributed by atoms with Crippen LogP contribution in [0, 0.1) is 11.8 Å².